The van der Waals surface area contributed by atoms with Crippen molar-refractivity contribution in [1.29, 1.82) is 0 Å². The lowest BCUT2D eigenvalue weighted by Crippen LogP contribution is -2.49. The van der Waals surface area contributed by atoms with Crippen LogP contribution in [0.1, 0.15) is 71.4 Å². The molecule has 2 aromatic carbocycles. The number of nitrogens with one attached hydrogen (secondary N) is 1. The number of aryl methyl sites for hydroxylation is 2. The minimum atomic E-state index is -1.02. The highest BCUT2D eigenvalue weighted by Gasteiger charge is 2.31. The number of ether oxygens (including phenoxy) is 1. The predicted molar refractivity (Wildman–Crippen MR) is 135 cm³/mol. The molecule has 1 fully saturated rings. The first-order chi connectivity index (χ1) is 16.6. The van der Waals surface area contributed by atoms with Crippen molar-refractivity contribution in [1.82, 2.24) is 10.2 Å². The highest BCUT2D eigenvalue weighted by Crippen LogP contribution is 2.25. The van der Waals surface area contributed by atoms with Gasteiger partial charge < -0.3 is 20.1 Å². The van der Waals surface area contributed by atoms with E-state index in [-0.39, 0.29) is 23.4 Å². The molecule has 2 amide bonds. The molecule has 3 rings (SSSR count). The van der Waals surface area contributed by atoms with E-state index in [9.17, 15) is 14.4 Å². The van der Waals surface area contributed by atoms with Gasteiger partial charge in [-0.25, -0.2) is 4.79 Å². The zero-order valence-corrected chi connectivity index (χ0v) is 21.1. The Balaban J connectivity index is 1.42. The SMILES string of the molecule is Cc1ccc(C)c(OCCCC(C)(C)C(=O)NC2CCN(C(=O)c3ccc(C(=O)O)cc3)CC2)c1. The maximum absolute atomic E-state index is 12.9. The number of carbonyl (C=O) groups excluding carboxylic acids is 2. The molecule has 7 nitrogen and oxygen atoms in total. The molecule has 1 aliphatic rings. The molecule has 0 spiro atoms. The van der Waals surface area contributed by atoms with Crippen molar-refractivity contribution in [3.63, 3.8) is 0 Å². The van der Waals surface area contributed by atoms with E-state index >= 15 is 0 Å². The number of piperidine rings is 1. The number of carbonyl (C=O) groups is 3. The Hall–Kier alpha value is -3.35. The second kappa shape index (κ2) is 11.4. The predicted octanol–water partition coefficient (Wildman–Crippen LogP) is 4.61. The number of carboxylic acids is 1. The molecule has 2 N–H and O–H groups in total. The molecule has 0 radical (unpaired) electrons. The Kier molecular flexibility index (Phi) is 8.54. The van der Waals surface area contributed by atoms with Gasteiger partial charge in [-0.05, 0) is 81.0 Å². The second-order valence-electron chi connectivity index (χ2n) is 10.0. The average Bonchev–Trinajstić information content (AvgIpc) is 2.84. The molecule has 35 heavy (non-hydrogen) atoms. The molecule has 188 valence electrons. The van der Waals surface area contributed by atoms with Gasteiger partial charge in [0, 0.05) is 30.1 Å². The van der Waals surface area contributed by atoms with Crippen molar-refractivity contribution in [3.05, 3.63) is 64.7 Å². The van der Waals surface area contributed by atoms with Gasteiger partial charge in [-0.3, -0.25) is 9.59 Å². The molecule has 0 saturated carbocycles. The molecular weight excluding hydrogens is 444 g/mol. The first-order valence-electron chi connectivity index (χ1n) is 12.2. The van der Waals surface area contributed by atoms with Crippen molar-refractivity contribution < 1.29 is 24.2 Å². The molecule has 0 bridgehead atoms. The number of hydrogen-bond donors (Lipinski definition) is 2. The fraction of sp³-hybridized carbons (Fsp3) is 0.464. The third-order valence-corrected chi connectivity index (χ3v) is 6.66. The van der Waals surface area contributed by atoms with Crippen molar-refractivity contribution in [3.8, 4) is 5.75 Å². The van der Waals surface area contributed by atoms with Crippen LogP contribution < -0.4 is 10.1 Å². The summed E-state index contributed by atoms with van der Waals surface area (Å²) in [5.74, 6) is -0.210. The third-order valence-electron chi connectivity index (χ3n) is 6.66. The summed E-state index contributed by atoms with van der Waals surface area (Å²) in [6, 6.07) is 12.2. The lowest BCUT2D eigenvalue weighted by molar-refractivity contribution is -0.130. The van der Waals surface area contributed by atoms with Crippen molar-refractivity contribution in [2.75, 3.05) is 19.7 Å². The van der Waals surface area contributed by atoms with E-state index in [0.29, 0.717) is 44.5 Å². The van der Waals surface area contributed by atoms with E-state index in [2.05, 4.69) is 17.4 Å². The number of nitrogens with zero attached hydrogens (tertiary/aromatic N) is 1. The molecule has 1 saturated heterocycles. The van der Waals surface area contributed by atoms with Gasteiger partial charge >= 0.3 is 5.97 Å². The van der Waals surface area contributed by atoms with Crippen LogP contribution in [0.25, 0.3) is 0 Å². The van der Waals surface area contributed by atoms with Crippen LogP contribution >= 0.6 is 0 Å². The van der Waals surface area contributed by atoms with Crippen LogP contribution in [0.15, 0.2) is 42.5 Å². The van der Waals surface area contributed by atoms with E-state index in [1.807, 2.05) is 33.8 Å². The number of hydrogen-bond acceptors (Lipinski definition) is 4. The summed E-state index contributed by atoms with van der Waals surface area (Å²) in [6.45, 7) is 9.65. The summed E-state index contributed by atoms with van der Waals surface area (Å²) in [5, 5.41) is 12.2. The van der Waals surface area contributed by atoms with Crippen LogP contribution in [-0.2, 0) is 4.79 Å². The van der Waals surface area contributed by atoms with E-state index in [1.165, 1.54) is 12.1 Å². The molecule has 0 unspecified atom stereocenters. The summed E-state index contributed by atoms with van der Waals surface area (Å²) >= 11 is 0. The average molecular weight is 481 g/mol. The summed E-state index contributed by atoms with van der Waals surface area (Å²) < 4.78 is 5.93. The molecular formula is C28H36N2O5. The summed E-state index contributed by atoms with van der Waals surface area (Å²) in [4.78, 5) is 38.4. The maximum atomic E-state index is 12.9. The number of rotatable bonds is 9. The highest BCUT2D eigenvalue weighted by molar-refractivity contribution is 5.96. The quantitative estimate of drug-likeness (QED) is 0.511. The van der Waals surface area contributed by atoms with Crippen LogP contribution in [0.3, 0.4) is 0 Å². The Labute approximate surface area is 207 Å². The standard InChI is InChI=1S/C28H36N2O5/c1-19-6-7-20(2)24(18-19)35-17-5-14-28(3,4)27(34)29-23-12-15-30(16-13-23)25(31)21-8-10-22(11-9-21)26(32)33/h6-11,18,23H,5,12-17H2,1-4H3,(H,29,34)(H,32,33). The Morgan fingerprint density at radius 3 is 2.29 bits per heavy atom. The van der Waals surface area contributed by atoms with E-state index < -0.39 is 11.4 Å². The molecule has 0 atom stereocenters. The number of carboxylic acid groups (broad SMARTS) is 1. The van der Waals surface area contributed by atoms with Gasteiger partial charge in [0.15, 0.2) is 0 Å². The zero-order valence-electron chi connectivity index (χ0n) is 21.1. The fourth-order valence-corrected chi connectivity index (χ4v) is 4.22. The molecule has 7 heteroatoms. The summed E-state index contributed by atoms with van der Waals surface area (Å²) in [5.41, 5.74) is 2.39. The smallest absolute Gasteiger partial charge is 0.335 e. The normalized spacial score (nSPS) is 14.5. The number of benzene rings is 2. The van der Waals surface area contributed by atoms with Crippen LogP contribution in [0.5, 0.6) is 5.75 Å². The number of amides is 2. The van der Waals surface area contributed by atoms with Crippen molar-refractivity contribution >= 4 is 17.8 Å². The van der Waals surface area contributed by atoms with Gasteiger partial charge in [0.2, 0.25) is 5.91 Å². The van der Waals surface area contributed by atoms with Gasteiger partial charge in [0.05, 0.1) is 12.2 Å². The monoisotopic (exact) mass is 480 g/mol. The molecule has 1 aliphatic heterocycles. The highest BCUT2D eigenvalue weighted by atomic mass is 16.5. The zero-order chi connectivity index (χ0) is 25.6. The van der Waals surface area contributed by atoms with Crippen LogP contribution in [0, 0.1) is 19.3 Å². The first kappa shape index (κ1) is 26.3. The molecule has 1 heterocycles. The largest absolute Gasteiger partial charge is 0.493 e. The van der Waals surface area contributed by atoms with Gasteiger partial charge in [-0.1, -0.05) is 26.0 Å². The summed E-state index contributed by atoms with van der Waals surface area (Å²) in [6.07, 6.45) is 2.88. The van der Waals surface area contributed by atoms with Crippen molar-refractivity contribution in [2.45, 2.75) is 59.4 Å². The van der Waals surface area contributed by atoms with Gasteiger partial charge in [0.25, 0.3) is 5.91 Å². The van der Waals surface area contributed by atoms with E-state index in [4.69, 9.17) is 9.84 Å². The third kappa shape index (κ3) is 7.07. The number of aromatic carboxylic acids is 1. The van der Waals surface area contributed by atoms with Gasteiger partial charge in [-0.15, -0.1) is 0 Å². The lowest BCUT2D eigenvalue weighted by Gasteiger charge is -2.34. The Morgan fingerprint density at radius 1 is 1.03 bits per heavy atom. The van der Waals surface area contributed by atoms with Gasteiger partial charge in [0.1, 0.15) is 5.75 Å². The maximum Gasteiger partial charge on any atom is 0.335 e. The summed E-state index contributed by atoms with van der Waals surface area (Å²) in [7, 11) is 0. The van der Waals surface area contributed by atoms with E-state index in [0.717, 1.165) is 23.3 Å². The minimum absolute atomic E-state index is 0.0262. The second-order valence-corrected chi connectivity index (χ2v) is 10.0. The molecule has 0 aliphatic carbocycles. The number of likely N-dealkylation sites (tertiary alicyclic amines) is 1. The Bertz CT molecular complexity index is 1050. The van der Waals surface area contributed by atoms with Crippen LogP contribution in [0.2, 0.25) is 0 Å². The molecule has 0 aromatic heterocycles. The van der Waals surface area contributed by atoms with Gasteiger partial charge in [-0.2, -0.15) is 0 Å². The molecule has 2 aromatic rings. The topological polar surface area (TPSA) is 95.9 Å². The lowest BCUT2D eigenvalue weighted by atomic mass is 9.86. The first-order valence-corrected chi connectivity index (χ1v) is 12.2. The fourth-order valence-electron chi connectivity index (χ4n) is 4.22. The van der Waals surface area contributed by atoms with E-state index in [1.54, 1.807) is 17.0 Å². The minimum Gasteiger partial charge on any atom is -0.493 e. The Morgan fingerprint density at radius 2 is 1.66 bits per heavy atom. The van der Waals surface area contributed by atoms with Crippen LogP contribution in [-0.4, -0.2) is 53.5 Å². The van der Waals surface area contributed by atoms with Crippen molar-refractivity contribution in [2.24, 2.45) is 5.41 Å². The van der Waals surface area contributed by atoms with Crippen LogP contribution in [0.4, 0.5) is 0 Å².